The zero-order chi connectivity index (χ0) is 22.6. The number of hydrazone groups is 1. The maximum atomic E-state index is 12.7. The molecule has 0 saturated heterocycles. The lowest BCUT2D eigenvalue weighted by atomic mass is 10.0. The third kappa shape index (κ3) is 4.68. The highest BCUT2D eigenvalue weighted by atomic mass is 32.2. The van der Waals surface area contributed by atoms with Gasteiger partial charge in [-0.05, 0) is 48.0 Å². The van der Waals surface area contributed by atoms with Crippen LogP contribution >= 0.6 is 0 Å². The Labute approximate surface area is 186 Å². The second-order valence-electron chi connectivity index (χ2n) is 7.12. The van der Waals surface area contributed by atoms with Crippen LogP contribution in [0.3, 0.4) is 0 Å². The molecule has 160 valence electrons. The number of rotatable bonds is 6. The van der Waals surface area contributed by atoms with E-state index in [4.69, 9.17) is 4.74 Å². The normalized spacial score (nSPS) is 11.5. The lowest BCUT2D eigenvalue weighted by molar-refractivity contribution is 0.0734. The summed E-state index contributed by atoms with van der Waals surface area (Å²) >= 11 is 0. The molecule has 7 heteroatoms. The van der Waals surface area contributed by atoms with Gasteiger partial charge in [-0.3, -0.25) is 0 Å². The van der Waals surface area contributed by atoms with Gasteiger partial charge in [0.05, 0.1) is 16.7 Å². The number of fused-ring (bicyclic) bond motifs is 1. The van der Waals surface area contributed by atoms with Gasteiger partial charge in [-0.1, -0.05) is 66.2 Å². The number of hydrogen-bond donors (Lipinski definition) is 1. The minimum absolute atomic E-state index is 0.0982. The summed E-state index contributed by atoms with van der Waals surface area (Å²) in [4.78, 5) is 15.0. The van der Waals surface area contributed by atoms with Gasteiger partial charge in [-0.25, -0.2) is 9.63 Å². The monoisotopic (exact) mass is 444 g/mol. The average molecular weight is 445 g/mol. The molecule has 0 amide bonds. The molecular weight excluding hydrogens is 424 g/mol. The Balaban J connectivity index is 1.67. The number of aryl methyl sites for hydroxylation is 1. The highest BCUT2D eigenvalue weighted by Gasteiger charge is 2.15. The summed E-state index contributed by atoms with van der Waals surface area (Å²) in [5.41, 5.74) is 1.93. The number of ether oxygens (including phenoxy) is 1. The average Bonchev–Trinajstić information content (AvgIpc) is 2.81. The van der Waals surface area contributed by atoms with Gasteiger partial charge in [0, 0.05) is 5.56 Å². The predicted molar refractivity (Wildman–Crippen MR) is 124 cm³/mol. The van der Waals surface area contributed by atoms with Crippen molar-refractivity contribution in [3.05, 3.63) is 108 Å². The Kier molecular flexibility index (Phi) is 6.00. The molecule has 32 heavy (non-hydrogen) atoms. The van der Waals surface area contributed by atoms with E-state index in [1.807, 2.05) is 49.4 Å². The molecule has 0 heterocycles. The van der Waals surface area contributed by atoms with Gasteiger partial charge in [0.1, 0.15) is 5.75 Å². The van der Waals surface area contributed by atoms with Crippen molar-refractivity contribution >= 4 is 33.0 Å². The van der Waals surface area contributed by atoms with Crippen molar-refractivity contribution in [3.8, 4) is 5.75 Å². The smallest absolute Gasteiger partial charge is 0.343 e. The first-order valence-electron chi connectivity index (χ1n) is 9.84. The molecule has 6 nitrogen and oxygen atoms in total. The molecule has 0 bridgehead atoms. The molecule has 0 aromatic heterocycles. The van der Waals surface area contributed by atoms with Gasteiger partial charge in [0.15, 0.2) is 0 Å². The first-order chi connectivity index (χ1) is 15.4. The number of nitrogens with zero attached hydrogens (tertiary/aromatic N) is 1. The van der Waals surface area contributed by atoms with Gasteiger partial charge < -0.3 is 4.74 Å². The zero-order valence-electron chi connectivity index (χ0n) is 17.2. The van der Waals surface area contributed by atoms with Crippen molar-refractivity contribution < 1.29 is 17.9 Å². The van der Waals surface area contributed by atoms with Crippen LogP contribution in [0.2, 0.25) is 0 Å². The summed E-state index contributed by atoms with van der Waals surface area (Å²) in [6.45, 7) is 1.93. The summed E-state index contributed by atoms with van der Waals surface area (Å²) in [7, 11) is -3.82. The SMILES string of the molecule is Cc1ccc(C(=O)Oc2ccc3ccccc3c2/C=N/NS(=O)(=O)c2ccccc2)cc1. The zero-order valence-corrected chi connectivity index (χ0v) is 18.0. The number of esters is 1. The van der Waals surface area contributed by atoms with Crippen molar-refractivity contribution in [2.45, 2.75) is 11.8 Å². The van der Waals surface area contributed by atoms with Gasteiger partial charge in [0.2, 0.25) is 0 Å². The second kappa shape index (κ2) is 9.03. The van der Waals surface area contributed by atoms with E-state index in [1.165, 1.54) is 18.3 Å². The van der Waals surface area contributed by atoms with Crippen LogP contribution in [-0.2, 0) is 10.0 Å². The van der Waals surface area contributed by atoms with Crippen molar-refractivity contribution in [1.29, 1.82) is 0 Å². The summed E-state index contributed by atoms with van der Waals surface area (Å²) < 4.78 is 30.5. The van der Waals surface area contributed by atoms with E-state index in [0.717, 1.165) is 16.3 Å². The van der Waals surface area contributed by atoms with Gasteiger partial charge in [0.25, 0.3) is 10.0 Å². The van der Waals surface area contributed by atoms with Crippen molar-refractivity contribution in [1.82, 2.24) is 4.83 Å². The summed E-state index contributed by atoms with van der Waals surface area (Å²) in [6.07, 6.45) is 1.35. The fourth-order valence-corrected chi connectivity index (χ4v) is 3.97. The molecular formula is C25H20N2O4S. The maximum absolute atomic E-state index is 12.7. The number of hydrogen-bond acceptors (Lipinski definition) is 5. The first-order valence-corrected chi connectivity index (χ1v) is 11.3. The fraction of sp³-hybridized carbons (Fsp3) is 0.0400. The summed E-state index contributed by atoms with van der Waals surface area (Å²) in [5.74, 6) is -0.239. The lowest BCUT2D eigenvalue weighted by Crippen LogP contribution is -2.18. The van der Waals surface area contributed by atoms with Gasteiger partial charge in [-0.15, -0.1) is 0 Å². The van der Waals surface area contributed by atoms with Crippen LogP contribution in [0.15, 0.2) is 101 Å². The lowest BCUT2D eigenvalue weighted by Gasteiger charge is -2.11. The van der Waals surface area contributed by atoms with E-state index < -0.39 is 16.0 Å². The molecule has 0 aliphatic heterocycles. The molecule has 0 saturated carbocycles. The highest BCUT2D eigenvalue weighted by Crippen LogP contribution is 2.27. The molecule has 0 aliphatic carbocycles. The number of carbonyl (C=O) groups is 1. The highest BCUT2D eigenvalue weighted by molar-refractivity contribution is 7.89. The minimum atomic E-state index is -3.82. The topological polar surface area (TPSA) is 84.8 Å². The quantitative estimate of drug-likeness (QED) is 0.203. The van der Waals surface area contributed by atoms with Crippen molar-refractivity contribution in [2.24, 2.45) is 5.10 Å². The van der Waals surface area contributed by atoms with Gasteiger partial charge >= 0.3 is 5.97 Å². The summed E-state index contributed by atoms with van der Waals surface area (Å²) in [6, 6.07) is 26.0. The fourth-order valence-electron chi connectivity index (χ4n) is 3.16. The second-order valence-corrected chi connectivity index (χ2v) is 8.78. The molecule has 0 unspecified atom stereocenters. The Hall–Kier alpha value is -3.97. The van der Waals surface area contributed by atoms with E-state index >= 15 is 0 Å². The molecule has 0 spiro atoms. The van der Waals surface area contributed by atoms with Crippen LogP contribution in [0.5, 0.6) is 5.75 Å². The van der Waals surface area contributed by atoms with Crippen LogP contribution in [0.1, 0.15) is 21.5 Å². The number of sulfonamides is 1. The van der Waals surface area contributed by atoms with Crippen LogP contribution in [-0.4, -0.2) is 20.6 Å². The number of carbonyl (C=O) groups excluding carboxylic acids is 1. The van der Waals surface area contributed by atoms with Crippen molar-refractivity contribution in [2.75, 3.05) is 0 Å². The maximum Gasteiger partial charge on any atom is 0.343 e. The van der Waals surface area contributed by atoms with Crippen LogP contribution < -0.4 is 9.57 Å². The third-order valence-corrected chi connectivity index (χ3v) is 6.08. The van der Waals surface area contributed by atoms with E-state index in [-0.39, 0.29) is 10.6 Å². The number of nitrogens with one attached hydrogen (secondary N) is 1. The van der Waals surface area contributed by atoms with E-state index in [2.05, 4.69) is 9.93 Å². The molecule has 0 radical (unpaired) electrons. The molecule has 0 fully saturated rings. The summed E-state index contributed by atoms with van der Waals surface area (Å²) in [5, 5.41) is 5.60. The Bertz CT molecular complexity index is 1400. The minimum Gasteiger partial charge on any atom is -0.422 e. The largest absolute Gasteiger partial charge is 0.422 e. The third-order valence-electron chi connectivity index (χ3n) is 4.84. The predicted octanol–water partition coefficient (Wildman–Crippen LogP) is 4.68. The van der Waals surface area contributed by atoms with Crippen LogP contribution in [0.25, 0.3) is 10.8 Å². The molecule has 4 aromatic carbocycles. The Morgan fingerprint density at radius 2 is 1.56 bits per heavy atom. The van der Waals surface area contributed by atoms with Crippen LogP contribution in [0, 0.1) is 6.92 Å². The Morgan fingerprint density at radius 1 is 0.875 bits per heavy atom. The molecule has 4 rings (SSSR count). The van der Waals surface area contributed by atoms with E-state index in [1.54, 1.807) is 36.4 Å². The van der Waals surface area contributed by atoms with Crippen LogP contribution in [0.4, 0.5) is 0 Å². The molecule has 4 aromatic rings. The molecule has 0 aliphatic rings. The molecule has 1 N–H and O–H groups in total. The van der Waals surface area contributed by atoms with E-state index in [9.17, 15) is 13.2 Å². The first kappa shape index (κ1) is 21.3. The molecule has 0 atom stereocenters. The standard InChI is InChI=1S/C25H20N2O4S/c1-18-11-13-20(14-12-18)25(28)31-24-16-15-19-7-5-6-10-22(19)23(24)17-26-27-32(29,30)21-8-3-2-4-9-21/h2-17,27H,1H3/b26-17+. The Morgan fingerprint density at radius 3 is 2.31 bits per heavy atom. The van der Waals surface area contributed by atoms with Crippen molar-refractivity contribution in [3.63, 3.8) is 0 Å². The number of benzene rings is 4. The van der Waals surface area contributed by atoms with E-state index in [0.29, 0.717) is 11.1 Å². The van der Waals surface area contributed by atoms with Gasteiger partial charge in [-0.2, -0.15) is 13.5 Å².